The van der Waals surface area contributed by atoms with Gasteiger partial charge >= 0.3 is 5.97 Å². The van der Waals surface area contributed by atoms with Crippen molar-refractivity contribution < 1.29 is 34.4 Å². The molecule has 5 atom stereocenters. The van der Waals surface area contributed by atoms with Gasteiger partial charge in [0.05, 0.1) is 18.8 Å². The molecule has 1 aliphatic rings. The third-order valence-electron chi connectivity index (χ3n) is 4.23. The molecule has 0 aromatic carbocycles. The lowest BCUT2D eigenvalue weighted by molar-refractivity contribution is -0.264. The Kier molecular flexibility index (Phi) is 8.05. The molecule has 1 aliphatic heterocycles. The average Bonchev–Trinajstić information content (AvgIpc) is 3.07. The van der Waals surface area contributed by atoms with E-state index >= 15 is 0 Å². The first kappa shape index (κ1) is 22.0. The summed E-state index contributed by atoms with van der Waals surface area (Å²) >= 11 is 0. The van der Waals surface area contributed by atoms with Crippen molar-refractivity contribution in [2.24, 2.45) is 0 Å². The number of nitrogens with zero attached hydrogens (tertiary/aromatic N) is 3. The maximum atomic E-state index is 11.4. The van der Waals surface area contributed by atoms with Crippen molar-refractivity contribution in [3.8, 4) is 0 Å². The molecule has 1 saturated heterocycles. The molecule has 1 fully saturated rings. The highest BCUT2D eigenvalue weighted by Gasteiger charge is 2.45. The summed E-state index contributed by atoms with van der Waals surface area (Å²) < 4.78 is 12.7. The van der Waals surface area contributed by atoms with E-state index in [0.29, 0.717) is 18.5 Å². The van der Waals surface area contributed by atoms with Crippen molar-refractivity contribution in [1.29, 1.82) is 0 Å². The number of amides is 1. The summed E-state index contributed by atoms with van der Waals surface area (Å²) in [5.41, 5.74) is 0.614. The van der Waals surface area contributed by atoms with Crippen LogP contribution in [0.5, 0.6) is 0 Å². The monoisotopic (exact) mass is 398 g/mol. The highest BCUT2D eigenvalue weighted by Crippen LogP contribution is 2.23. The first-order valence-corrected chi connectivity index (χ1v) is 8.93. The van der Waals surface area contributed by atoms with E-state index in [1.54, 1.807) is 6.20 Å². The number of rotatable bonds is 10. The van der Waals surface area contributed by atoms with Gasteiger partial charge in [-0.05, 0) is 12.8 Å². The molecule has 1 aromatic rings. The van der Waals surface area contributed by atoms with Gasteiger partial charge in [-0.15, -0.1) is 11.7 Å². The SMILES string of the molecule is C=CCOC1OC(Cn2cc(CCCC(=O)O)nn2)C(O)C(O)C1NC(C)=O. The van der Waals surface area contributed by atoms with Crippen molar-refractivity contribution in [2.45, 2.75) is 63.4 Å². The van der Waals surface area contributed by atoms with Gasteiger partial charge in [-0.1, -0.05) is 11.3 Å². The van der Waals surface area contributed by atoms with Gasteiger partial charge < -0.3 is 30.1 Å². The van der Waals surface area contributed by atoms with Crippen LogP contribution in [0.1, 0.15) is 25.5 Å². The Bertz CT molecular complexity index is 680. The van der Waals surface area contributed by atoms with Crippen molar-refractivity contribution in [3.05, 3.63) is 24.5 Å². The zero-order chi connectivity index (χ0) is 20.7. The van der Waals surface area contributed by atoms with E-state index in [9.17, 15) is 19.8 Å². The molecular weight excluding hydrogens is 372 g/mol. The van der Waals surface area contributed by atoms with E-state index in [1.807, 2.05) is 0 Å². The number of carbonyl (C=O) groups excluding carboxylic acids is 1. The van der Waals surface area contributed by atoms with E-state index in [1.165, 1.54) is 17.7 Å². The molecule has 1 amide bonds. The van der Waals surface area contributed by atoms with Crippen LogP contribution in [0.25, 0.3) is 0 Å². The van der Waals surface area contributed by atoms with E-state index in [-0.39, 0.29) is 19.6 Å². The standard InChI is InChI=1S/C17H26N4O7/c1-3-7-27-17-14(18-10(2)22)16(26)15(25)12(28-17)9-21-8-11(19-20-21)5-4-6-13(23)24/h3,8,12,14-17,25-26H,1,4-7,9H2,2H3,(H,18,22)(H,23,24). The number of hydrogen-bond donors (Lipinski definition) is 4. The summed E-state index contributed by atoms with van der Waals surface area (Å²) in [6.45, 7) is 5.06. The largest absolute Gasteiger partial charge is 0.481 e. The van der Waals surface area contributed by atoms with Crippen LogP contribution >= 0.6 is 0 Å². The van der Waals surface area contributed by atoms with Gasteiger partial charge in [-0.25, -0.2) is 4.68 Å². The van der Waals surface area contributed by atoms with Gasteiger partial charge in [0.15, 0.2) is 6.29 Å². The minimum atomic E-state index is -1.31. The van der Waals surface area contributed by atoms with Gasteiger partial charge in [0.2, 0.25) is 5.91 Å². The number of carboxylic acid groups (broad SMARTS) is 1. The van der Waals surface area contributed by atoms with Gasteiger partial charge in [0, 0.05) is 19.5 Å². The highest BCUT2D eigenvalue weighted by molar-refractivity contribution is 5.73. The van der Waals surface area contributed by atoms with Crippen molar-refractivity contribution >= 4 is 11.9 Å². The first-order valence-electron chi connectivity index (χ1n) is 8.93. The summed E-state index contributed by atoms with van der Waals surface area (Å²) in [6, 6.07) is -0.939. The second kappa shape index (κ2) is 10.3. The normalized spacial score (nSPS) is 27.3. The molecule has 1 aromatic heterocycles. The number of aliphatic hydroxyl groups excluding tert-OH is 2. The molecule has 156 valence electrons. The number of ether oxygens (including phenoxy) is 2. The molecule has 0 spiro atoms. The number of aromatic nitrogens is 3. The Morgan fingerprint density at radius 3 is 2.82 bits per heavy atom. The molecular formula is C17H26N4O7. The number of carboxylic acids is 1. The number of nitrogens with one attached hydrogen (secondary N) is 1. The summed E-state index contributed by atoms with van der Waals surface area (Å²) in [6.07, 6.45) is -0.380. The molecule has 0 saturated carbocycles. The fraction of sp³-hybridized carbons (Fsp3) is 0.647. The Balaban J connectivity index is 2.02. The van der Waals surface area contributed by atoms with Crippen LogP contribution < -0.4 is 5.32 Å². The van der Waals surface area contributed by atoms with Gasteiger partial charge in [-0.3, -0.25) is 9.59 Å². The first-order chi connectivity index (χ1) is 13.3. The second-order valence-electron chi connectivity index (χ2n) is 6.55. The molecule has 5 unspecified atom stereocenters. The average molecular weight is 398 g/mol. The summed E-state index contributed by atoms with van der Waals surface area (Å²) in [5.74, 6) is -1.27. The maximum absolute atomic E-state index is 11.4. The minimum absolute atomic E-state index is 0.0381. The Labute approximate surface area is 161 Å². The van der Waals surface area contributed by atoms with E-state index < -0.39 is 42.5 Å². The van der Waals surface area contributed by atoms with E-state index in [4.69, 9.17) is 14.6 Å². The van der Waals surface area contributed by atoms with Crippen molar-refractivity contribution in [3.63, 3.8) is 0 Å². The maximum Gasteiger partial charge on any atom is 0.303 e. The zero-order valence-electron chi connectivity index (χ0n) is 15.6. The lowest BCUT2D eigenvalue weighted by Gasteiger charge is -2.42. The van der Waals surface area contributed by atoms with Crippen LogP contribution in [0.3, 0.4) is 0 Å². The van der Waals surface area contributed by atoms with Gasteiger partial charge in [0.25, 0.3) is 0 Å². The molecule has 2 rings (SSSR count). The van der Waals surface area contributed by atoms with E-state index in [0.717, 1.165) is 0 Å². The Morgan fingerprint density at radius 2 is 2.18 bits per heavy atom. The number of hydrogen-bond acceptors (Lipinski definition) is 8. The third-order valence-corrected chi connectivity index (χ3v) is 4.23. The van der Waals surface area contributed by atoms with Crippen molar-refractivity contribution in [1.82, 2.24) is 20.3 Å². The van der Waals surface area contributed by atoms with E-state index in [2.05, 4.69) is 22.2 Å². The third kappa shape index (κ3) is 6.09. The number of aryl methyl sites for hydroxylation is 1. The number of carbonyl (C=O) groups is 2. The molecule has 0 bridgehead atoms. The summed E-state index contributed by atoms with van der Waals surface area (Å²) in [7, 11) is 0. The fourth-order valence-electron chi connectivity index (χ4n) is 2.92. The molecule has 11 nitrogen and oxygen atoms in total. The summed E-state index contributed by atoms with van der Waals surface area (Å²) in [5, 5.41) is 39.9. The highest BCUT2D eigenvalue weighted by atomic mass is 16.7. The predicted molar refractivity (Wildman–Crippen MR) is 95.0 cm³/mol. The van der Waals surface area contributed by atoms with Gasteiger partial charge in [0.1, 0.15) is 24.4 Å². The predicted octanol–water partition coefficient (Wildman–Crippen LogP) is -1.16. The van der Waals surface area contributed by atoms with Crippen LogP contribution in [-0.2, 0) is 32.0 Å². The second-order valence-corrected chi connectivity index (χ2v) is 6.55. The fourth-order valence-corrected chi connectivity index (χ4v) is 2.92. The molecule has 28 heavy (non-hydrogen) atoms. The van der Waals surface area contributed by atoms with Crippen LogP contribution in [0, 0.1) is 0 Å². The van der Waals surface area contributed by atoms with Crippen LogP contribution in [0.2, 0.25) is 0 Å². The Morgan fingerprint density at radius 1 is 1.43 bits per heavy atom. The number of aliphatic carboxylic acids is 1. The topological polar surface area (TPSA) is 156 Å². The van der Waals surface area contributed by atoms with Crippen molar-refractivity contribution in [2.75, 3.05) is 6.61 Å². The molecule has 2 heterocycles. The smallest absolute Gasteiger partial charge is 0.303 e. The molecule has 11 heteroatoms. The van der Waals surface area contributed by atoms with Crippen LogP contribution in [0.15, 0.2) is 18.9 Å². The minimum Gasteiger partial charge on any atom is -0.481 e. The van der Waals surface area contributed by atoms with Crippen LogP contribution in [-0.4, -0.2) is 79.4 Å². The van der Waals surface area contributed by atoms with Gasteiger partial charge in [-0.2, -0.15) is 0 Å². The lowest BCUT2D eigenvalue weighted by Crippen LogP contribution is -2.64. The zero-order valence-corrected chi connectivity index (χ0v) is 15.6. The lowest BCUT2D eigenvalue weighted by atomic mass is 9.96. The number of aliphatic hydroxyl groups is 2. The van der Waals surface area contributed by atoms with Crippen LogP contribution in [0.4, 0.5) is 0 Å². The molecule has 0 aliphatic carbocycles. The quantitative estimate of drug-likeness (QED) is 0.357. The molecule has 0 radical (unpaired) electrons. The Hall–Kier alpha value is -2.34. The molecule has 4 N–H and O–H groups in total. The summed E-state index contributed by atoms with van der Waals surface area (Å²) in [4.78, 5) is 22.0.